The van der Waals surface area contributed by atoms with Crippen LogP contribution in [0.3, 0.4) is 0 Å². The Kier molecular flexibility index (Phi) is 8.82. The Labute approximate surface area is 123 Å². The van der Waals surface area contributed by atoms with E-state index in [1.54, 1.807) is 6.92 Å². The first kappa shape index (κ1) is 17.4. The van der Waals surface area contributed by atoms with Crippen LogP contribution in [0, 0.1) is 5.92 Å². The molecule has 1 rings (SSSR count). The Morgan fingerprint density at radius 3 is 2.35 bits per heavy atom. The highest BCUT2D eigenvalue weighted by Crippen LogP contribution is 2.17. The standard InChI is InChI=1S/C15H30N2O3/c1-4-19-15(20-5-2)8-11-17-9-6-14(7-10-17)12-16-13(3)18/h14-15H,4-12H2,1-3H3,(H,16,18). The van der Waals surface area contributed by atoms with Gasteiger partial charge >= 0.3 is 0 Å². The number of hydrogen-bond donors (Lipinski definition) is 1. The summed E-state index contributed by atoms with van der Waals surface area (Å²) in [5.41, 5.74) is 0. The van der Waals surface area contributed by atoms with Crippen molar-refractivity contribution in [3.8, 4) is 0 Å². The summed E-state index contributed by atoms with van der Waals surface area (Å²) in [5.74, 6) is 0.702. The molecule has 0 radical (unpaired) electrons. The van der Waals surface area contributed by atoms with E-state index >= 15 is 0 Å². The van der Waals surface area contributed by atoms with Crippen LogP contribution in [0.15, 0.2) is 0 Å². The van der Waals surface area contributed by atoms with Gasteiger partial charge < -0.3 is 19.7 Å². The number of carbonyl (C=O) groups is 1. The van der Waals surface area contributed by atoms with Crippen molar-refractivity contribution in [1.82, 2.24) is 10.2 Å². The van der Waals surface area contributed by atoms with E-state index in [-0.39, 0.29) is 12.2 Å². The second kappa shape index (κ2) is 10.1. The summed E-state index contributed by atoms with van der Waals surface area (Å²) in [6.07, 6.45) is 3.18. The van der Waals surface area contributed by atoms with E-state index in [0.29, 0.717) is 19.1 Å². The van der Waals surface area contributed by atoms with Crippen molar-refractivity contribution < 1.29 is 14.3 Å². The van der Waals surface area contributed by atoms with Crippen LogP contribution in [0.5, 0.6) is 0 Å². The van der Waals surface area contributed by atoms with Crippen LogP contribution < -0.4 is 5.32 Å². The molecule has 5 heteroatoms. The number of ether oxygens (including phenoxy) is 2. The van der Waals surface area contributed by atoms with Gasteiger partial charge in [0.1, 0.15) is 0 Å². The molecule has 0 aliphatic carbocycles. The van der Waals surface area contributed by atoms with E-state index in [1.165, 1.54) is 0 Å². The molecule has 0 aromatic carbocycles. The Hall–Kier alpha value is -0.650. The van der Waals surface area contributed by atoms with Crippen molar-refractivity contribution in [2.45, 2.75) is 46.3 Å². The molecule has 118 valence electrons. The van der Waals surface area contributed by atoms with Gasteiger partial charge in [0.05, 0.1) is 0 Å². The zero-order chi connectivity index (χ0) is 14.8. The molecule has 0 aromatic rings. The zero-order valence-electron chi connectivity index (χ0n) is 13.2. The maximum atomic E-state index is 10.9. The van der Waals surface area contributed by atoms with Crippen LogP contribution in [0.1, 0.15) is 40.0 Å². The topological polar surface area (TPSA) is 50.8 Å². The maximum absolute atomic E-state index is 10.9. The average Bonchev–Trinajstić information content (AvgIpc) is 2.44. The predicted octanol–water partition coefficient (Wildman–Crippen LogP) is 1.62. The summed E-state index contributed by atoms with van der Waals surface area (Å²) in [5, 5.41) is 2.92. The van der Waals surface area contributed by atoms with Crippen LogP contribution in [0.25, 0.3) is 0 Å². The molecule has 1 aliphatic rings. The third-order valence-electron chi connectivity index (χ3n) is 3.73. The third kappa shape index (κ3) is 7.22. The zero-order valence-corrected chi connectivity index (χ0v) is 13.2. The molecule has 0 aromatic heterocycles. The van der Waals surface area contributed by atoms with Gasteiger partial charge in [-0.05, 0) is 45.7 Å². The van der Waals surface area contributed by atoms with Crippen LogP contribution in [-0.2, 0) is 14.3 Å². The van der Waals surface area contributed by atoms with Crippen LogP contribution in [-0.4, -0.2) is 56.5 Å². The number of rotatable bonds is 9. The molecule has 0 bridgehead atoms. The molecule has 1 aliphatic heterocycles. The van der Waals surface area contributed by atoms with E-state index in [4.69, 9.17) is 9.47 Å². The molecule has 5 nitrogen and oxygen atoms in total. The summed E-state index contributed by atoms with van der Waals surface area (Å²) >= 11 is 0. The molecule has 1 fully saturated rings. The highest BCUT2D eigenvalue weighted by Gasteiger charge is 2.20. The number of nitrogens with one attached hydrogen (secondary N) is 1. The normalized spacial score (nSPS) is 17.6. The largest absolute Gasteiger partial charge is 0.356 e. The molecule has 0 atom stereocenters. The van der Waals surface area contributed by atoms with Crippen LogP contribution in [0.2, 0.25) is 0 Å². The van der Waals surface area contributed by atoms with Gasteiger partial charge in [0, 0.05) is 39.6 Å². The van der Waals surface area contributed by atoms with E-state index in [2.05, 4.69) is 10.2 Å². The molecular formula is C15H30N2O3. The molecular weight excluding hydrogens is 256 g/mol. The number of hydrogen-bond acceptors (Lipinski definition) is 4. The highest BCUT2D eigenvalue weighted by atomic mass is 16.7. The Balaban J connectivity index is 2.16. The predicted molar refractivity (Wildman–Crippen MR) is 79.5 cm³/mol. The fourth-order valence-electron chi connectivity index (χ4n) is 2.58. The SMILES string of the molecule is CCOC(CCN1CCC(CNC(C)=O)CC1)OCC. The number of carbonyl (C=O) groups excluding carboxylic acids is 1. The Bertz CT molecular complexity index is 260. The van der Waals surface area contributed by atoms with Gasteiger partial charge in [0.15, 0.2) is 6.29 Å². The molecule has 0 unspecified atom stereocenters. The van der Waals surface area contributed by atoms with Crippen molar-refractivity contribution >= 4 is 5.91 Å². The number of amides is 1. The minimum atomic E-state index is -0.0675. The lowest BCUT2D eigenvalue weighted by Gasteiger charge is -2.32. The lowest BCUT2D eigenvalue weighted by molar-refractivity contribution is -0.142. The smallest absolute Gasteiger partial charge is 0.216 e. The van der Waals surface area contributed by atoms with Crippen molar-refractivity contribution in [1.29, 1.82) is 0 Å². The molecule has 1 heterocycles. The second-order valence-electron chi connectivity index (χ2n) is 5.35. The molecule has 1 saturated heterocycles. The minimum absolute atomic E-state index is 0.0675. The lowest BCUT2D eigenvalue weighted by atomic mass is 9.96. The van der Waals surface area contributed by atoms with Gasteiger partial charge in [0.2, 0.25) is 5.91 Å². The second-order valence-corrected chi connectivity index (χ2v) is 5.35. The molecule has 20 heavy (non-hydrogen) atoms. The molecule has 0 spiro atoms. The van der Waals surface area contributed by atoms with Crippen molar-refractivity contribution in [2.24, 2.45) is 5.92 Å². The number of likely N-dealkylation sites (tertiary alicyclic amines) is 1. The van der Waals surface area contributed by atoms with Crippen LogP contribution >= 0.6 is 0 Å². The third-order valence-corrected chi connectivity index (χ3v) is 3.73. The first-order valence-corrected chi connectivity index (χ1v) is 7.85. The number of nitrogens with zero attached hydrogens (tertiary/aromatic N) is 1. The maximum Gasteiger partial charge on any atom is 0.216 e. The van der Waals surface area contributed by atoms with Gasteiger partial charge in [0.25, 0.3) is 0 Å². The fraction of sp³-hybridized carbons (Fsp3) is 0.933. The number of piperidine rings is 1. The van der Waals surface area contributed by atoms with Gasteiger partial charge in [-0.15, -0.1) is 0 Å². The first-order valence-electron chi connectivity index (χ1n) is 7.85. The summed E-state index contributed by atoms with van der Waals surface area (Å²) in [6.45, 7) is 11.0. The Morgan fingerprint density at radius 1 is 1.25 bits per heavy atom. The van der Waals surface area contributed by atoms with E-state index < -0.39 is 0 Å². The van der Waals surface area contributed by atoms with Gasteiger partial charge in [-0.2, -0.15) is 0 Å². The van der Waals surface area contributed by atoms with E-state index in [0.717, 1.165) is 45.4 Å². The monoisotopic (exact) mass is 286 g/mol. The van der Waals surface area contributed by atoms with Crippen molar-refractivity contribution in [3.05, 3.63) is 0 Å². The van der Waals surface area contributed by atoms with E-state index in [1.807, 2.05) is 13.8 Å². The average molecular weight is 286 g/mol. The summed E-state index contributed by atoms with van der Waals surface area (Å²) < 4.78 is 11.1. The van der Waals surface area contributed by atoms with Gasteiger partial charge in [-0.3, -0.25) is 4.79 Å². The Morgan fingerprint density at radius 2 is 1.85 bits per heavy atom. The minimum Gasteiger partial charge on any atom is -0.356 e. The fourth-order valence-corrected chi connectivity index (χ4v) is 2.58. The first-order chi connectivity index (χ1) is 9.65. The molecule has 0 saturated carbocycles. The van der Waals surface area contributed by atoms with Gasteiger partial charge in [-0.1, -0.05) is 0 Å². The summed E-state index contributed by atoms with van der Waals surface area (Å²) in [4.78, 5) is 13.4. The van der Waals surface area contributed by atoms with Gasteiger partial charge in [-0.25, -0.2) is 0 Å². The quantitative estimate of drug-likeness (QED) is 0.655. The molecule has 1 amide bonds. The van der Waals surface area contributed by atoms with Crippen LogP contribution in [0.4, 0.5) is 0 Å². The van der Waals surface area contributed by atoms with Crippen molar-refractivity contribution in [3.63, 3.8) is 0 Å². The van der Waals surface area contributed by atoms with Crippen molar-refractivity contribution in [2.75, 3.05) is 39.4 Å². The lowest BCUT2D eigenvalue weighted by Crippen LogP contribution is -2.39. The molecule has 1 N–H and O–H groups in total. The summed E-state index contributed by atoms with van der Waals surface area (Å²) in [7, 11) is 0. The van der Waals surface area contributed by atoms with E-state index in [9.17, 15) is 4.79 Å². The summed E-state index contributed by atoms with van der Waals surface area (Å²) in [6, 6.07) is 0. The highest BCUT2D eigenvalue weighted by molar-refractivity contribution is 5.72.